The number of imidazole rings is 1. The van der Waals surface area contributed by atoms with E-state index >= 15 is 0 Å². The lowest BCUT2D eigenvalue weighted by atomic mass is 10.2. The average Bonchev–Trinajstić information content (AvgIpc) is 2.68. The molecule has 0 radical (unpaired) electrons. The summed E-state index contributed by atoms with van der Waals surface area (Å²) in [5.41, 5.74) is 3.54. The molecule has 1 atom stereocenters. The van der Waals surface area contributed by atoms with Crippen LogP contribution in [0.25, 0.3) is 11.0 Å². The largest absolute Gasteiger partial charge is 0.327 e. The number of fused-ring (bicyclic) bond motifs is 1. The van der Waals surface area contributed by atoms with E-state index in [1.165, 1.54) is 30.3 Å². The monoisotopic (exact) mass is 264 g/mol. The first-order valence-electron chi connectivity index (χ1n) is 6.74. The Kier molecular flexibility index (Phi) is 4.28. The van der Waals surface area contributed by atoms with Gasteiger partial charge in [0.2, 0.25) is 0 Å². The third kappa shape index (κ3) is 2.69. The van der Waals surface area contributed by atoms with E-state index in [2.05, 4.69) is 41.6 Å². The van der Waals surface area contributed by atoms with Crippen molar-refractivity contribution in [3.63, 3.8) is 0 Å². The molecule has 1 unspecified atom stereocenters. The van der Waals surface area contributed by atoms with Gasteiger partial charge in [-0.1, -0.05) is 25.8 Å². The lowest BCUT2D eigenvalue weighted by Gasteiger charge is -2.10. The van der Waals surface area contributed by atoms with Crippen molar-refractivity contribution in [1.29, 1.82) is 0 Å². The van der Waals surface area contributed by atoms with Gasteiger partial charge >= 0.3 is 0 Å². The SMILES string of the molecule is CCCCCn1c(C(C)Cl)nc2ccc(C)cc21. The van der Waals surface area contributed by atoms with Crippen molar-refractivity contribution in [2.75, 3.05) is 0 Å². The normalized spacial score (nSPS) is 13.1. The lowest BCUT2D eigenvalue weighted by Crippen LogP contribution is -2.04. The minimum Gasteiger partial charge on any atom is -0.327 e. The molecule has 2 nitrogen and oxygen atoms in total. The van der Waals surface area contributed by atoms with Crippen LogP contribution in [0.4, 0.5) is 0 Å². The maximum atomic E-state index is 6.25. The number of alkyl halides is 1. The summed E-state index contributed by atoms with van der Waals surface area (Å²) < 4.78 is 2.29. The van der Waals surface area contributed by atoms with E-state index < -0.39 is 0 Å². The molecular weight excluding hydrogens is 244 g/mol. The summed E-state index contributed by atoms with van der Waals surface area (Å²) in [6.45, 7) is 7.35. The molecule has 2 rings (SSSR count). The summed E-state index contributed by atoms with van der Waals surface area (Å²) in [4.78, 5) is 4.66. The molecule has 98 valence electrons. The summed E-state index contributed by atoms with van der Waals surface area (Å²) in [7, 11) is 0. The van der Waals surface area contributed by atoms with Crippen LogP contribution >= 0.6 is 11.6 Å². The Morgan fingerprint density at radius 1 is 1.33 bits per heavy atom. The minimum atomic E-state index is -0.0423. The van der Waals surface area contributed by atoms with E-state index in [1.807, 2.05) is 6.92 Å². The van der Waals surface area contributed by atoms with Gasteiger partial charge in [-0.15, -0.1) is 11.6 Å². The second kappa shape index (κ2) is 5.75. The van der Waals surface area contributed by atoms with E-state index in [4.69, 9.17) is 11.6 Å². The van der Waals surface area contributed by atoms with Gasteiger partial charge in [-0.05, 0) is 38.0 Å². The number of halogens is 1. The molecule has 0 fully saturated rings. The summed E-state index contributed by atoms with van der Waals surface area (Å²) in [6, 6.07) is 6.40. The zero-order valence-corrected chi connectivity index (χ0v) is 12.2. The maximum Gasteiger partial charge on any atom is 0.127 e. The number of unbranched alkanes of at least 4 members (excludes halogenated alkanes) is 2. The smallest absolute Gasteiger partial charge is 0.127 e. The molecule has 3 heteroatoms. The number of rotatable bonds is 5. The molecule has 1 aromatic heterocycles. The highest BCUT2D eigenvalue weighted by Gasteiger charge is 2.14. The maximum absolute atomic E-state index is 6.25. The Labute approximate surface area is 114 Å². The number of hydrogen-bond acceptors (Lipinski definition) is 1. The standard InChI is InChI=1S/C15H21ClN2/c1-4-5-6-9-18-14-10-11(2)7-8-13(14)17-15(18)12(3)16/h7-8,10,12H,4-6,9H2,1-3H3. The van der Waals surface area contributed by atoms with Crippen LogP contribution in [0.15, 0.2) is 18.2 Å². The van der Waals surface area contributed by atoms with Gasteiger partial charge in [-0.3, -0.25) is 0 Å². The van der Waals surface area contributed by atoms with Crippen LogP contribution in [-0.4, -0.2) is 9.55 Å². The van der Waals surface area contributed by atoms with Crippen molar-refractivity contribution in [3.8, 4) is 0 Å². The Bertz CT molecular complexity index is 529. The molecule has 18 heavy (non-hydrogen) atoms. The second-order valence-corrected chi connectivity index (χ2v) is 5.59. The average molecular weight is 265 g/mol. The Morgan fingerprint density at radius 3 is 2.78 bits per heavy atom. The molecule has 0 aliphatic heterocycles. The van der Waals surface area contributed by atoms with Crippen LogP contribution < -0.4 is 0 Å². The van der Waals surface area contributed by atoms with E-state index in [0.717, 1.165) is 17.9 Å². The molecule has 0 N–H and O–H groups in total. The first kappa shape index (κ1) is 13.4. The molecule has 1 heterocycles. The van der Waals surface area contributed by atoms with Crippen molar-refractivity contribution in [2.24, 2.45) is 0 Å². The van der Waals surface area contributed by atoms with Gasteiger partial charge in [0, 0.05) is 6.54 Å². The van der Waals surface area contributed by atoms with Crippen LogP contribution in [0.3, 0.4) is 0 Å². The highest BCUT2D eigenvalue weighted by atomic mass is 35.5. The lowest BCUT2D eigenvalue weighted by molar-refractivity contribution is 0.591. The Balaban J connectivity index is 2.43. The quantitative estimate of drug-likeness (QED) is 0.558. The number of benzene rings is 1. The zero-order chi connectivity index (χ0) is 13.1. The van der Waals surface area contributed by atoms with Crippen LogP contribution in [-0.2, 0) is 6.54 Å². The highest BCUT2D eigenvalue weighted by Crippen LogP contribution is 2.25. The van der Waals surface area contributed by atoms with Gasteiger partial charge in [0.15, 0.2) is 0 Å². The number of aryl methyl sites for hydroxylation is 2. The fourth-order valence-corrected chi connectivity index (χ4v) is 2.48. The van der Waals surface area contributed by atoms with Crippen LogP contribution in [0.2, 0.25) is 0 Å². The molecule has 0 spiro atoms. The van der Waals surface area contributed by atoms with Gasteiger partial charge < -0.3 is 4.57 Å². The summed E-state index contributed by atoms with van der Waals surface area (Å²) >= 11 is 6.25. The van der Waals surface area contributed by atoms with Crippen molar-refractivity contribution in [1.82, 2.24) is 9.55 Å². The molecule has 0 saturated carbocycles. The van der Waals surface area contributed by atoms with Crippen molar-refractivity contribution < 1.29 is 0 Å². The van der Waals surface area contributed by atoms with Gasteiger partial charge in [-0.2, -0.15) is 0 Å². The number of hydrogen-bond donors (Lipinski definition) is 0. The van der Waals surface area contributed by atoms with E-state index in [0.29, 0.717) is 0 Å². The predicted octanol–water partition coefficient (Wildman–Crippen LogP) is 4.83. The zero-order valence-electron chi connectivity index (χ0n) is 11.4. The topological polar surface area (TPSA) is 17.8 Å². The first-order chi connectivity index (χ1) is 8.63. The fourth-order valence-electron chi connectivity index (χ4n) is 2.31. The third-order valence-corrected chi connectivity index (χ3v) is 3.47. The molecule has 2 aromatic rings. The minimum absolute atomic E-state index is 0.0423. The third-order valence-electron chi connectivity index (χ3n) is 3.27. The Hall–Kier alpha value is -1.02. The van der Waals surface area contributed by atoms with E-state index in [-0.39, 0.29) is 5.38 Å². The molecule has 0 amide bonds. The summed E-state index contributed by atoms with van der Waals surface area (Å²) in [6.07, 6.45) is 3.67. The van der Waals surface area contributed by atoms with Crippen molar-refractivity contribution in [3.05, 3.63) is 29.6 Å². The molecule has 0 bridgehead atoms. The van der Waals surface area contributed by atoms with Gasteiger partial charge in [-0.25, -0.2) is 4.98 Å². The molecule has 1 aromatic carbocycles. The fraction of sp³-hybridized carbons (Fsp3) is 0.533. The van der Waals surface area contributed by atoms with Crippen molar-refractivity contribution in [2.45, 2.75) is 52.0 Å². The van der Waals surface area contributed by atoms with Crippen LogP contribution in [0.1, 0.15) is 49.9 Å². The molecule has 0 saturated heterocycles. The van der Waals surface area contributed by atoms with Gasteiger partial charge in [0.25, 0.3) is 0 Å². The van der Waals surface area contributed by atoms with Gasteiger partial charge in [0.05, 0.1) is 16.4 Å². The number of nitrogens with zero attached hydrogens (tertiary/aromatic N) is 2. The summed E-state index contributed by atoms with van der Waals surface area (Å²) in [5, 5.41) is -0.0423. The molecular formula is C15H21ClN2. The predicted molar refractivity (Wildman–Crippen MR) is 78.3 cm³/mol. The first-order valence-corrected chi connectivity index (χ1v) is 7.18. The number of aromatic nitrogens is 2. The van der Waals surface area contributed by atoms with Gasteiger partial charge in [0.1, 0.15) is 5.82 Å². The second-order valence-electron chi connectivity index (χ2n) is 4.94. The van der Waals surface area contributed by atoms with E-state index in [1.54, 1.807) is 0 Å². The summed E-state index contributed by atoms with van der Waals surface area (Å²) in [5.74, 6) is 0.994. The van der Waals surface area contributed by atoms with Crippen LogP contribution in [0, 0.1) is 6.92 Å². The highest BCUT2D eigenvalue weighted by molar-refractivity contribution is 6.20. The van der Waals surface area contributed by atoms with Crippen LogP contribution in [0.5, 0.6) is 0 Å². The van der Waals surface area contributed by atoms with E-state index in [9.17, 15) is 0 Å². The van der Waals surface area contributed by atoms with Crippen molar-refractivity contribution >= 4 is 22.6 Å². The molecule has 0 aliphatic rings. The molecule has 0 aliphatic carbocycles. The Morgan fingerprint density at radius 2 is 2.11 bits per heavy atom.